The molecule has 4 rings (SSSR count). The minimum absolute atomic E-state index is 0.273. The molecular weight excluding hydrogens is 426 g/mol. The van der Waals surface area contributed by atoms with Gasteiger partial charge in [0.2, 0.25) is 11.8 Å². The van der Waals surface area contributed by atoms with Crippen LogP contribution in [0, 0.1) is 5.92 Å². The number of fused-ring (bicyclic) bond motifs is 1. The summed E-state index contributed by atoms with van der Waals surface area (Å²) >= 11 is 0. The summed E-state index contributed by atoms with van der Waals surface area (Å²) in [5, 5.41) is 0. The van der Waals surface area contributed by atoms with Crippen LogP contribution in [0.15, 0.2) is 78.9 Å². The topological polar surface area (TPSA) is 98.7 Å². The quantitative estimate of drug-likeness (QED) is 0.540. The number of ether oxygens (including phenoxy) is 1. The number of nitrogens with zero attached hydrogens (tertiary/aromatic N) is 1. The highest BCUT2D eigenvalue weighted by molar-refractivity contribution is 6.04. The van der Waals surface area contributed by atoms with E-state index in [9.17, 15) is 9.59 Å². The second kappa shape index (κ2) is 10.1. The monoisotopic (exact) mass is 457 g/mol. The van der Waals surface area contributed by atoms with Crippen LogP contribution in [0.3, 0.4) is 0 Å². The van der Waals surface area contributed by atoms with Crippen LogP contribution in [0.1, 0.15) is 29.5 Å². The highest BCUT2D eigenvalue weighted by Crippen LogP contribution is 2.36. The summed E-state index contributed by atoms with van der Waals surface area (Å²) in [6.45, 7) is 0.336. The van der Waals surface area contributed by atoms with Gasteiger partial charge >= 0.3 is 0 Å². The first kappa shape index (κ1) is 23.5. The first-order valence-corrected chi connectivity index (χ1v) is 11.6. The van der Waals surface area contributed by atoms with Gasteiger partial charge in [0.25, 0.3) is 0 Å². The molecule has 3 aromatic rings. The normalized spacial score (nSPS) is 18.6. The van der Waals surface area contributed by atoms with Gasteiger partial charge in [-0.3, -0.25) is 9.59 Å². The molecule has 0 aromatic heterocycles. The van der Waals surface area contributed by atoms with Gasteiger partial charge in [0, 0.05) is 5.69 Å². The van der Waals surface area contributed by atoms with Gasteiger partial charge in [0.15, 0.2) is 0 Å². The van der Waals surface area contributed by atoms with E-state index in [2.05, 4.69) is 0 Å². The molecule has 2 atom stereocenters. The molecule has 3 aromatic carbocycles. The minimum Gasteiger partial charge on any atom is -0.497 e. The molecule has 1 aliphatic rings. The lowest BCUT2D eigenvalue weighted by Gasteiger charge is -2.37. The number of primary amides is 1. The maximum atomic E-state index is 14.1. The summed E-state index contributed by atoms with van der Waals surface area (Å²) in [7, 11) is 1.62. The Morgan fingerprint density at radius 3 is 2.35 bits per heavy atom. The summed E-state index contributed by atoms with van der Waals surface area (Å²) in [6, 6.07) is 25.3. The molecule has 0 bridgehead atoms. The molecule has 0 radical (unpaired) electrons. The lowest BCUT2D eigenvalue weighted by molar-refractivity contribution is -0.133. The van der Waals surface area contributed by atoms with Crippen molar-refractivity contribution in [3.8, 4) is 5.75 Å². The van der Waals surface area contributed by atoms with Crippen molar-refractivity contribution in [3.63, 3.8) is 0 Å². The number of aryl methyl sites for hydroxylation is 2. The van der Waals surface area contributed by atoms with Crippen molar-refractivity contribution >= 4 is 17.5 Å². The number of carbonyl (C=O) groups excluding carboxylic acids is 2. The number of carbonyl (C=O) groups is 2. The fourth-order valence-electron chi connectivity index (χ4n) is 4.80. The zero-order valence-electron chi connectivity index (χ0n) is 19.4. The van der Waals surface area contributed by atoms with Gasteiger partial charge in [-0.2, -0.15) is 0 Å². The molecule has 6 heteroatoms. The molecule has 0 saturated carbocycles. The maximum Gasteiger partial charge on any atom is 0.248 e. The Hall–Kier alpha value is -3.64. The average Bonchev–Trinajstić information content (AvgIpc) is 2.96. The summed E-state index contributed by atoms with van der Waals surface area (Å²) < 4.78 is 5.26. The molecule has 34 heavy (non-hydrogen) atoms. The van der Waals surface area contributed by atoms with Crippen molar-refractivity contribution in [2.75, 3.05) is 12.0 Å². The van der Waals surface area contributed by atoms with Crippen molar-refractivity contribution < 1.29 is 14.3 Å². The van der Waals surface area contributed by atoms with Crippen molar-refractivity contribution in [3.05, 3.63) is 95.6 Å². The molecular formula is C28H31N3O3. The Balaban J connectivity index is 1.68. The molecule has 176 valence electrons. The van der Waals surface area contributed by atoms with Gasteiger partial charge in [0.1, 0.15) is 11.3 Å². The number of hydrogen-bond acceptors (Lipinski definition) is 4. The largest absolute Gasteiger partial charge is 0.497 e. The van der Waals surface area contributed by atoms with Gasteiger partial charge in [0.05, 0.1) is 19.6 Å². The lowest BCUT2D eigenvalue weighted by Crippen LogP contribution is -2.62. The molecule has 0 spiro atoms. The van der Waals surface area contributed by atoms with E-state index in [-0.39, 0.29) is 5.91 Å². The Kier molecular flexibility index (Phi) is 6.98. The number of para-hydroxylation sites is 1. The van der Waals surface area contributed by atoms with E-state index in [1.165, 1.54) is 0 Å². The SMILES string of the molecule is COc1ccc(CN2C(=O)[C@@](N)([C@H](CCc3ccccc3)C(N)=O)CCc3ccccc32)cc1. The van der Waals surface area contributed by atoms with Crippen LogP contribution < -0.4 is 21.1 Å². The number of rotatable bonds is 8. The summed E-state index contributed by atoms with van der Waals surface area (Å²) in [4.78, 5) is 28.4. The molecule has 4 N–H and O–H groups in total. The second-order valence-electron chi connectivity index (χ2n) is 8.89. The van der Waals surface area contributed by atoms with Crippen molar-refractivity contribution in [1.82, 2.24) is 0 Å². The molecule has 0 fully saturated rings. The third-order valence-electron chi connectivity index (χ3n) is 6.76. The van der Waals surface area contributed by atoms with Crippen molar-refractivity contribution in [2.24, 2.45) is 17.4 Å². The van der Waals surface area contributed by atoms with E-state index in [1.54, 1.807) is 12.0 Å². The van der Waals surface area contributed by atoms with Gasteiger partial charge in [-0.1, -0.05) is 60.7 Å². The number of methoxy groups -OCH3 is 1. The fraction of sp³-hybridized carbons (Fsp3) is 0.286. The van der Waals surface area contributed by atoms with Crippen LogP contribution in [-0.4, -0.2) is 24.5 Å². The van der Waals surface area contributed by atoms with Crippen molar-refractivity contribution in [1.29, 1.82) is 0 Å². The number of benzene rings is 3. The molecule has 0 aliphatic carbocycles. The van der Waals surface area contributed by atoms with E-state index < -0.39 is 17.4 Å². The summed E-state index contributed by atoms with van der Waals surface area (Å²) in [5.74, 6) is -0.852. The molecule has 2 amide bonds. The molecule has 0 unspecified atom stereocenters. The molecule has 6 nitrogen and oxygen atoms in total. The van der Waals surface area contributed by atoms with Gasteiger partial charge < -0.3 is 21.1 Å². The molecule has 1 aliphatic heterocycles. The average molecular weight is 458 g/mol. The number of hydrogen-bond donors (Lipinski definition) is 2. The number of amides is 2. The van der Waals surface area contributed by atoms with Gasteiger partial charge in [-0.05, 0) is 60.6 Å². The van der Waals surface area contributed by atoms with Crippen LogP contribution in [0.4, 0.5) is 5.69 Å². The lowest BCUT2D eigenvalue weighted by atomic mass is 9.76. The third kappa shape index (κ3) is 4.82. The smallest absolute Gasteiger partial charge is 0.248 e. The van der Waals surface area contributed by atoms with E-state index >= 15 is 0 Å². The molecule has 0 saturated heterocycles. The zero-order valence-corrected chi connectivity index (χ0v) is 19.4. The van der Waals surface area contributed by atoms with E-state index in [0.29, 0.717) is 32.2 Å². The summed E-state index contributed by atoms with van der Waals surface area (Å²) in [5.41, 5.74) is 15.2. The summed E-state index contributed by atoms with van der Waals surface area (Å²) in [6.07, 6.45) is 1.97. The number of anilines is 1. The maximum absolute atomic E-state index is 14.1. The van der Waals surface area contributed by atoms with E-state index in [0.717, 1.165) is 28.1 Å². The van der Waals surface area contributed by atoms with Crippen molar-refractivity contribution in [2.45, 2.75) is 37.8 Å². The van der Waals surface area contributed by atoms with E-state index in [4.69, 9.17) is 16.2 Å². The predicted octanol–water partition coefficient (Wildman–Crippen LogP) is 3.61. The Morgan fingerprint density at radius 1 is 1.00 bits per heavy atom. The third-order valence-corrected chi connectivity index (χ3v) is 6.76. The first-order valence-electron chi connectivity index (χ1n) is 11.6. The second-order valence-corrected chi connectivity index (χ2v) is 8.89. The van der Waals surface area contributed by atoms with E-state index in [1.807, 2.05) is 78.9 Å². The zero-order chi connectivity index (χ0) is 24.1. The Morgan fingerprint density at radius 2 is 1.68 bits per heavy atom. The van der Waals surface area contributed by atoms with Crippen LogP contribution in [0.2, 0.25) is 0 Å². The number of nitrogens with two attached hydrogens (primary N) is 2. The van der Waals surface area contributed by atoms with Gasteiger partial charge in [-0.25, -0.2) is 0 Å². The van der Waals surface area contributed by atoms with Crippen LogP contribution >= 0.6 is 0 Å². The van der Waals surface area contributed by atoms with Gasteiger partial charge in [-0.15, -0.1) is 0 Å². The molecule has 1 heterocycles. The highest BCUT2D eigenvalue weighted by atomic mass is 16.5. The Labute approximate surface area is 200 Å². The highest BCUT2D eigenvalue weighted by Gasteiger charge is 2.48. The predicted molar refractivity (Wildman–Crippen MR) is 133 cm³/mol. The minimum atomic E-state index is -1.40. The Bertz CT molecular complexity index is 1150. The van der Waals surface area contributed by atoms with Crippen LogP contribution in [-0.2, 0) is 29.0 Å². The standard InChI is InChI=1S/C28H31N3O3/c1-34-23-14-11-21(12-15-23)19-31-25-10-6-5-9-22(25)17-18-28(30,27(31)33)24(26(29)32)16-13-20-7-3-2-4-8-20/h2-12,14-15,24H,13,16-19,30H2,1H3,(H2,29,32)/t24-,28+/m1/s1. The van der Waals surface area contributed by atoms with Crippen LogP contribution in [0.25, 0.3) is 0 Å². The fourth-order valence-corrected chi connectivity index (χ4v) is 4.80. The van der Waals surface area contributed by atoms with Crippen LogP contribution in [0.5, 0.6) is 5.75 Å². The first-order chi connectivity index (χ1) is 16.4.